The highest BCUT2D eigenvalue weighted by Crippen LogP contribution is 2.21. The van der Waals surface area contributed by atoms with Crippen molar-refractivity contribution in [2.75, 3.05) is 20.3 Å². The van der Waals surface area contributed by atoms with E-state index in [1.54, 1.807) is 31.3 Å². The molecule has 1 fully saturated rings. The third-order valence-corrected chi connectivity index (χ3v) is 5.47. The Balaban J connectivity index is 2.18. The van der Waals surface area contributed by atoms with Crippen LogP contribution in [0.5, 0.6) is 0 Å². The van der Waals surface area contributed by atoms with E-state index < -0.39 is 10.0 Å². The Morgan fingerprint density at radius 3 is 2.60 bits per heavy atom. The molecule has 2 rings (SSSR count). The number of ether oxygens (including phenoxy) is 1. The normalized spacial score (nSPS) is 19.4. The summed E-state index contributed by atoms with van der Waals surface area (Å²) in [5, 5.41) is 0. The lowest BCUT2D eigenvalue weighted by atomic mass is 10.1. The van der Waals surface area contributed by atoms with Crippen LogP contribution in [0.3, 0.4) is 0 Å². The Morgan fingerprint density at radius 1 is 1.45 bits per heavy atom. The van der Waals surface area contributed by atoms with E-state index in [2.05, 4.69) is 0 Å². The Labute approximate surface area is 124 Å². The summed E-state index contributed by atoms with van der Waals surface area (Å²) in [7, 11) is -1.88. The molecule has 20 heavy (non-hydrogen) atoms. The number of nitrogens with zero attached hydrogens (tertiary/aromatic N) is 1. The molecule has 0 amide bonds. The van der Waals surface area contributed by atoms with Crippen molar-refractivity contribution < 1.29 is 13.2 Å². The Morgan fingerprint density at radius 2 is 2.10 bits per heavy atom. The first-order valence-electron chi connectivity index (χ1n) is 6.34. The first kappa shape index (κ1) is 15.4. The van der Waals surface area contributed by atoms with E-state index in [0.717, 1.165) is 12.0 Å². The maximum Gasteiger partial charge on any atom is 0.243 e. The minimum Gasteiger partial charge on any atom is -0.393 e. The molecule has 7 heteroatoms. The van der Waals surface area contributed by atoms with Crippen LogP contribution in [-0.4, -0.2) is 44.0 Å². The molecule has 0 aliphatic carbocycles. The number of thiocarbonyl (C=S) groups is 1. The van der Waals surface area contributed by atoms with E-state index >= 15 is 0 Å². The van der Waals surface area contributed by atoms with Crippen LogP contribution in [-0.2, 0) is 21.2 Å². The molecule has 0 saturated carbocycles. The zero-order valence-electron chi connectivity index (χ0n) is 11.3. The molecule has 1 aliphatic heterocycles. The van der Waals surface area contributed by atoms with Crippen LogP contribution >= 0.6 is 12.2 Å². The van der Waals surface area contributed by atoms with E-state index in [1.807, 2.05) is 0 Å². The molecule has 0 radical (unpaired) electrons. The van der Waals surface area contributed by atoms with E-state index in [1.165, 1.54) is 4.31 Å². The van der Waals surface area contributed by atoms with Gasteiger partial charge in [0, 0.05) is 20.1 Å². The monoisotopic (exact) mass is 314 g/mol. The van der Waals surface area contributed by atoms with E-state index in [-0.39, 0.29) is 10.9 Å². The summed E-state index contributed by atoms with van der Waals surface area (Å²) in [6, 6.07) is 6.58. The van der Waals surface area contributed by atoms with Crippen molar-refractivity contribution >= 4 is 27.2 Å². The lowest BCUT2D eigenvalue weighted by Gasteiger charge is -2.22. The van der Waals surface area contributed by atoms with Gasteiger partial charge in [-0.2, -0.15) is 4.31 Å². The van der Waals surface area contributed by atoms with Crippen LogP contribution < -0.4 is 5.73 Å². The smallest absolute Gasteiger partial charge is 0.243 e. The van der Waals surface area contributed by atoms with Crippen molar-refractivity contribution in [3.8, 4) is 0 Å². The second-order valence-corrected chi connectivity index (χ2v) is 7.35. The maximum absolute atomic E-state index is 12.5. The molecule has 1 aromatic carbocycles. The predicted molar refractivity (Wildman–Crippen MR) is 81.1 cm³/mol. The third kappa shape index (κ3) is 3.35. The van der Waals surface area contributed by atoms with Crippen LogP contribution in [0, 0.1) is 0 Å². The Kier molecular flexibility index (Phi) is 4.74. The lowest BCUT2D eigenvalue weighted by molar-refractivity contribution is 0.181. The van der Waals surface area contributed by atoms with Gasteiger partial charge in [-0.3, -0.25) is 0 Å². The molecule has 0 spiro atoms. The van der Waals surface area contributed by atoms with Gasteiger partial charge in [-0.05, 0) is 24.1 Å². The van der Waals surface area contributed by atoms with Crippen LogP contribution in [0.2, 0.25) is 0 Å². The molecule has 1 heterocycles. The van der Waals surface area contributed by atoms with Crippen molar-refractivity contribution in [3.05, 3.63) is 29.8 Å². The quantitative estimate of drug-likeness (QED) is 0.818. The van der Waals surface area contributed by atoms with E-state index in [0.29, 0.717) is 24.6 Å². The second-order valence-electron chi connectivity index (χ2n) is 4.83. The zero-order chi connectivity index (χ0) is 14.8. The highest BCUT2D eigenvalue weighted by molar-refractivity contribution is 7.89. The largest absolute Gasteiger partial charge is 0.393 e. The molecular weight excluding hydrogens is 296 g/mol. The van der Waals surface area contributed by atoms with Crippen molar-refractivity contribution in [3.63, 3.8) is 0 Å². The lowest BCUT2D eigenvalue weighted by Crippen LogP contribution is -2.37. The summed E-state index contributed by atoms with van der Waals surface area (Å²) in [5.41, 5.74) is 6.38. The average Bonchev–Trinajstić information content (AvgIpc) is 2.91. The fourth-order valence-corrected chi connectivity index (χ4v) is 3.69. The number of rotatable bonds is 5. The molecule has 1 saturated heterocycles. The van der Waals surface area contributed by atoms with Gasteiger partial charge < -0.3 is 10.5 Å². The van der Waals surface area contributed by atoms with Gasteiger partial charge in [0.25, 0.3) is 0 Å². The molecule has 0 bridgehead atoms. The fourth-order valence-electron chi connectivity index (χ4n) is 2.15. The second kappa shape index (κ2) is 6.17. The number of likely N-dealkylation sites (N-methyl/N-ethyl adjacent to an activating group) is 1. The third-order valence-electron chi connectivity index (χ3n) is 3.40. The number of hydrogen-bond acceptors (Lipinski definition) is 4. The maximum atomic E-state index is 12.5. The number of sulfonamides is 1. The Hall–Kier alpha value is -1.02. The number of hydrogen-bond donors (Lipinski definition) is 1. The summed E-state index contributed by atoms with van der Waals surface area (Å²) in [6.07, 6.45) is 1.21. The standard InChI is InChI=1S/C13H18N2O3S2/c1-15(11-6-7-18-9-11)20(16,17)12-4-2-10(3-5-12)8-13(14)19/h2-5,11H,6-9H2,1H3,(H2,14,19). The van der Waals surface area contributed by atoms with Gasteiger partial charge in [-0.15, -0.1) is 0 Å². The molecule has 1 unspecified atom stereocenters. The molecule has 5 nitrogen and oxygen atoms in total. The molecule has 1 aromatic rings. The highest BCUT2D eigenvalue weighted by Gasteiger charge is 2.30. The first-order chi connectivity index (χ1) is 9.41. The van der Waals surface area contributed by atoms with Gasteiger partial charge in [0.15, 0.2) is 0 Å². The molecule has 2 N–H and O–H groups in total. The average molecular weight is 314 g/mol. The molecule has 0 aromatic heterocycles. The van der Waals surface area contributed by atoms with Crippen LogP contribution in [0.1, 0.15) is 12.0 Å². The van der Waals surface area contributed by atoms with Gasteiger partial charge in [-0.1, -0.05) is 24.4 Å². The van der Waals surface area contributed by atoms with Crippen molar-refractivity contribution in [1.82, 2.24) is 4.31 Å². The summed E-state index contributed by atoms with van der Waals surface area (Å²) in [4.78, 5) is 0.666. The Bertz CT molecular complexity index is 578. The molecule has 110 valence electrons. The van der Waals surface area contributed by atoms with Crippen LogP contribution in [0.15, 0.2) is 29.2 Å². The SMILES string of the molecule is CN(C1CCOC1)S(=O)(=O)c1ccc(CC(N)=S)cc1. The van der Waals surface area contributed by atoms with Crippen molar-refractivity contribution in [1.29, 1.82) is 0 Å². The van der Waals surface area contributed by atoms with Gasteiger partial charge in [-0.25, -0.2) is 8.42 Å². The van der Waals surface area contributed by atoms with Crippen molar-refractivity contribution in [2.24, 2.45) is 5.73 Å². The highest BCUT2D eigenvalue weighted by atomic mass is 32.2. The van der Waals surface area contributed by atoms with Crippen LogP contribution in [0.25, 0.3) is 0 Å². The van der Waals surface area contributed by atoms with E-state index in [9.17, 15) is 8.42 Å². The first-order valence-corrected chi connectivity index (χ1v) is 8.19. The van der Waals surface area contributed by atoms with Crippen LogP contribution in [0.4, 0.5) is 0 Å². The van der Waals surface area contributed by atoms with Gasteiger partial charge in [0.2, 0.25) is 10.0 Å². The topological polar surface area (TPSA) is 72.6 Å². The minimum atomic E-state index is -3.48. The van der Waals surface area contributed by atoms with E-state index in [4.69, 9.17) is 22.7 Å². The molecule has 1 aliphatic rings. The van der Waals surface area contributed by atoms with Crippen molar-refractivity contribution in [2.45, 2.75) is 23.8 Å². The summed E-state index contributed by atoms with van der Waals surface area (Å²) >= 11 is 4.84. The molecular formula is C13H18N2O3S2. The minimum absolute atomic E-state index is 0.0868. The van der Waals surface area contributed by atoms with Gasteiger partial charge in [0.05, 0.1) is 22.5 Å². The summed E-state index contributed by atoms with van der Waals surface area (Å²) < 4.78 is 31.6. The zero-order valence-corrected chi connectivity index (χ0v) is 12.9. The molecule has 1 atom stereocenters. The predicted octanol–water partition coefficient (Wildman–Crippen LogP) is 0.925. The fraction of sp³-hybridized carbons (Fsp3) is 0.462. The van der Waals surface area contributed by atoms with Gasteiger partial charge >= 0.3 is 0 Å². The summed E-state index contributed by atoms with van der Waals surface area (Å²) in [6.45, 7) is 1.06. The summed E-state index contributed by atoms with van der Waals surface area (Å²) in [5.74, 6) is 0. The van der Waals surface area contributed by atoms with Gasteiger partial charge in [0.1, 0.15) is 0 Å². The number of benzene rings is 1. The number of nitrogens with two attached hydrogens (primary N) is 1.